The number of hydrogen-bond acceptors (Lipinski definition) is 3. The average molecular weight is 247 g/mol. The molecule has 0 N–H and O–H groups in total. The van der Waals surface area contributed by atoms with E-state index in [0.29, 0.717) is 6.42 Å². The second-order valence-corrected chi connectivity index (χ2v) is 3.93. The molecule has 0 atom stereocenters. The third-order valence-electron chi connectivity index (χ3n) is 2.05. The highest BCUT2D eigenvalue weighted by Gasteiger charge is 1.98. The highest BCUT2D eigenvalue weighted by Crippen LogP contribution is 1.90. The van der Waals surface area contributed by atoms with Crippen molar-refractivity contribution < 1.29 is 14.3 Å². The fourth-order valence-corrected chi connectivity index (χ4v) is 1.03. The van der Waals surface area contributed by atoms with Gasteiger partial charge >= 0.3 is 0 Å². The van der Waals surface area contributed by atoms with E-state index in [1.54, 1.807) is 26.1 Å². The van der Waals surface area contributed by atoms with Crippen LogP contribution in [0.3, 0.4) is 0 Å². The molecule has 0 bridgehead atoms. The van der Waals surface area contributed by atoms with Crippen molar-refractivity contribution in [1.82, 2.24) is 4.90 Å². The molecule has 0 aromatic heterocycles. The van der Waals surface area contributed by atoms with Gasteiger partial charge in [-0.05, 0) is 26.2 Å². The molecule has 1 amide bonds. The Kier molecular flexibility index (Phi) is 17.0. The lowest BCUT2D eigenvalue weighted by atomic mass is 10.3. The minimum absolute atomic E-state index is 0.215. The monoisotopic (exact) mass is 247 g/mol. The molecule has 17 heavy (non-hydrogen) atoms. The van der Waals surface area contributed by atoms with Crippen LogP contribution in [0.4, 0.5) is 0 Å². The minimum atomic E-state index is 0.215. The number of ether oxygens (including phenoxy) is 2. The second kappa shape index (κ2) is 15.4. The van der Waals surface area contributed by atoms with E-state index >= 15 is 0 Å². The Morgan fingerprint density at radius 2 is 1.71 bits per heavy atom. The summed E-state index contributed by atoms with van der Waals surface area (Å²) in [4.78, 5) is 12.3. The van der Waals surface area contributed by atoms with Crippen molar-refractivity contribution in [2.45, 2.75) is 39.5 Å². The number of unbranched alkanes of at least 4 members (excludes halogenated alkanes) is 1. The predicted molar refractivity (Wildman–Crippen MR) is 71.2 cm³/mol. The van der Waals surface area contributed by atoms with Crippen LogP contribution in [-0.2, 0) is 14.3 Å². The lowest BCUT2D eigenvalue weighted by molar-refractivity contribution is -0.128. The van der Waals surface area contributed by atoms with Crippen molar-refractivity contribution in [3.63, 3.8) is 0 Å². The molecule has 0 aliphatic heterocycles. The van der Waals surface area contributed by atoms with Gasteiger partial charge < -0.3 is 14.4 Å². The smallest absolute Gasteiger partial charge is 0.222 e. The van der Waals surface area contributed by atoms with Crippen molar-refractivity contribution in [1.29, 1.82) is 0 Å². The standard InChI is InChI=1S/C7H16O2.C6H13NO/c1-3-9-7-5-4-6-8-2;1-4-5-6(8)7(2)3/h3-7H2,1-2H3;4-5H2,1-3H3. The largest absolute Gasteiger partial charge is 0.385 e. The van der Waals surface area contributed by atoms with Crippen molar-refractivity contribution in [2.24, 2.45) is 0 Å². The number of hydrogen-bond donors (Lipinski definition) is 0. The minimum Gasteiger partial charge on any atom is -0.385 e. The van der Waals surface area contributed by atoms with Gasteiger partial charge in [0.2, 0.25) is 5.91 Å². The molecule has 0 aromatic carbocycles. The average Bonchev–Trinajstić information content (AvgIpc) is 2.30. The van der Waals surface area contributed by atoms with E-state index in [1.807, 2.05) is 13.8 Å². The van der Waals surface area contributed by atoms with Gasteiger partial charge in [-0.1, -0.05) is 6.92 Å². The topological polar surface area (TPSA) is 38.8 Å². The highest BCUT2D eigenvalue weighted by molar-refractivity contribution is 5.75. The van der Waals surface area contributed by atoms with Crippen LogP contribution >= 0.6 is 0 Å². The molecule has 0 fully saturated rings. The summed E-state index contributed by atoms with van der Waals surface area (Å²) < 4.78 is 9.99. The first kappa shape index (κ1) is 18.7. The maximum atomic E-state index is 10.7. The number of amides is 1. The van der Waals surface area contributed by atoms with Crippen LogP contribution in [0.25, 0.3) is 0 Å². The summed E-state index contributed by atoms with van der Waals surface area (Å²) in [6.45, 7) is 6.57. The third-order valence-corrected chi connectivity index (χ3v) is 2.05. The van der Waals surface area contributed by atoms with Gasteiger partial charge in [-0.15, -0.1) is 0 Å². The molecule has 4 heteroatoms. The molecule has 0 heterocycles. The van der Waals surface area contributed by atoms with Gasteiger partial charge in [0.05, 0.1) is 0 Å². The van der Waals surface area contributed by atoms with Gasteiger partial charge in [0.1, 0.15) is 0 Å². The molecule has 0 aliphatic carbocycles. The number of nitrogens with zero attached hydrogens (tertiary/aromatic N) is 1. The van der Waals surface area contributed by atoms with Crippen LogP contribution in [0.1, 0.15) is 39.5 Å². The van der Waals surface area contributed by atoms with Crippen LogP contribution in [-0.4, -0.2) is 51.8 Å². The van der Waals surface area contributed by atoms with E-state index in [2.05, 4.69) is 0 Å². The lowest BCUT2D eigenvalue weighted by Crippen LogP contribution is -2.20. The van der Waals surface area contributed by atoms with Crippen LogP contribution in [0.2, 0.25) is 0 Å². The first-order valence-corrected chi connectivity index (χ1v) is 6.36. The molecular formula is C13H29NO3. The summed E-state index contributed by atoms with van der Waals surface area (Å²) in [5.74, 6) is 0.215. The number of rotatable bonds is 8. The number of carbonyl (C=O) groups is 1. The molecule has 0 aromatic rings. The Balaban J connectivity index is 0. The molecule has 0 unspecified atom stereocenters. The molecular weight excluding hydrogens is 218 g/mol. The van der Waals surface area contributed by atoms with Gasteiger partial charge in [-0.3, -0.25) is 4.79 Å². The first-order chi connectivity index (χ1) is 8.09. The number of methoxy groups -OCH3 is 1. The molecule has 0 rings (SSSR count). The lowest BCUT2D eigenvalue weighted by Gasteiger charge is -2.07. The Bertz CT molecular complexity index is 155. The molecule has 0 saturated carbocycles. The molecule has 0 saturated heterocycles. The van der Waals surface area contributed by atoms with E-state index in [9.17, 15) is 4.79 Å². The second-order valence-electron chi connectivity index (χ2n) is 3.93. The van der Waals surface area contributed by atoms with Gasteiger partial charge in [0.15, 0.2) is 0 Å². The summed E-state index contributed by atoms with van der Waals surface area (Å²) in [6.07, 6.45) is 3.84. The van der Waals surface area contributed by atoms with E-state index in [4.69, 9.17) is 9.47 Å². The quantitative estimate of drug-likeness (QED) is 0.618. The fourth-order valence-electron chi connectivity index (χ4n) is 1.03. The van der Waals surface area contributed by atoms with Crippen LogP contribution in [0.15, 0.2) is 0 Å². The van der Waals surface area contributed by atoms with E-state index in [-0.39, 0.29) is 5.91 Å². The molecule has 104 valence electrons. The summed E-state index contributed by atoms with van der Waals surface area (Å²) in [5.41, 5.74) is 0. The maximum absolute atomic E-state index is 10.7. The summed E-state index contributed by atoms with van der Waals surface area (Å²) in [7, 11) is 5.27. The SMILES string of the molecule is CCCC(=O)N(C)C.CCOCCCCOC. The van der Waals surface area contributed by atoms with Gasteiger partial charge in [-0.25, -0.2) is 0 Å². The zero-order valence-electron chi connectivity index (χ0n) is 12.1. The zero-order chi connectivity index (χ0) is 13.5. The Labute approximate surface area is 106 Å². The molecule has 0 spiro atoms. The summed E-state index contributed by atoms with van der Waals surface area (Å²) >= 11 is 0. The van der Waals surface area contributed by atoms with E-state index < -0.39 is 0 Å². The van der Waals surface area contributed by atoms with Crippen LogP contribution < -0.4 is 0 Å². The molecule has 0 radical (unpaired) electrons. The van der Waals surface area contributed by atoms with Crippen molar-refractivity contribution in [2.75, 3.05) is 41.0 Å². The summed E-state index contributed by atoms with van der Waals surface area (Å²) in [6, 6.07) is 0. The van der Waals surface area contributed by atoms with Crippen molar-refractivity contribution in [3.05, 3.63) is 0 Å². The van der Waals surface area contributed by atoms with Crippen LogP contribution in [0.5, 0.6) is 0 Å². The summed E-state index contributed by atoms with van der Waals surface area (Å²) in [5, 5.41) is 0. The van der Waals surface area contributed by atoms with Crippen molar-refractivity contribution in [3.8, 4) is 0 Å². The predicted octanol–water partition coefficient (Wildman–Crippen LogP) is 2.32. The normalized spacial score (nSPS) is 9.47. The van der Waals surface area contributed by atoms with E-state index in [1.165, 1.54) is 0 Å². The van der Waals surface area contributed by atoms with Gasteiger partial charge in [-0.2, -0.15) is 0 Å². The Hall–Kier alpha value is -0.610. The fraction of sp³-hybridized carbons (Fsp3) is 0.923. The van der Waals surface area contributed by atoms with Crippen LogP contribution in [0, 0.1) is 0 Å². The zero-order valence-corrected chi connectivity index (χ0v) is 12.1. The van der Waals surface area contributed by atoms with Gasteiger partial charge in [0, 0.05) is 47.4 Å². The molecule has 4 nitrogen and oxygen atoms in total. The maximum Gasteiger partial charge on any atom is 0.222 e. The number of carbonyl (C=O) groups excluding carboxylic acids is 1. The first-order valence-electron chi connectivity index (χ1n) is 6.36. The third kappa shape index (κ3) is 18.0. The highest BCUT2D eigenvalue weighted by atomic mass is 16.5. The van der Waals surface area contributed by atoms with E-state index in [0.717, 1.165) is 39.1 Å². The Morgan fingerprint density at radius 3 is 2.06 bits per heavy atom. The van der Waals surface area contributed by atoms with Gasteiger partial charge in [0.25, 0.3) is 0 Å². The van der Waals surface area contributed by atoms with Crippen molar-refractivity contribution >= 4 is 5.91 Å². The molecule has 0 aliphatic rings. The Morgan fingerprint density at radius 1 is 1.12 bits per heavy atom.